The predicted molar refractivity (Wildman–Crippen MR) is 45.6 cm³/mol. The highest BCUT2D eigenvalue weighted by Gasteiger charge is 2.20. The zero-order valence-electron chi connectivity index (χ0n) is 7.17. The molecule has 0 heterocycles. The van der Waals surface area contributed by atoms with Gasteiger partial charge in [0.1, 0.15) is 0 Å². The van der Waals surface area contributed by atoms with Crippen molar-refractivity contribution in [2.75, 3.05) is 6.66 Å². The van der Waals surface area contributed by atoms with Crippen LogP contribution in [0.4, 0.5) is 17.3 Å². The molecule has 0 N–H and O–H groups in total. The van der Waals surface area contributed by atoms with Gasteiger partial charge in [0.15, 0.2) is 0 Å². The van der Waals surface area contributed by atoms with Crippen LogP contribution in [0, 0.1) is 0 Å². The fourth-order valence-electron chi connectivity index (χ4n) is 0. The summed E-state index contributed by atoms with van der Waals surface area (Å²) < 4.78 is 39.0. The summed E-state index contributed by atoms with van der Waals surface area (Å²) in [4.78, 5) is 0. The first-order valence-electron chi connectivity index (χ1n) is 3.24. The molecule has 0 saturated carbocycles. The van der Waals surface area contributed by atoms with E-state index in [1.807, 2.05) is 0 Å². The summed E-state index contributed by atoms with van der Waals surface area (Å²) in [7, 11) is -5.34. The Morgan fingerprint density at radius 1 is 1.00 bits per heavy atom. The van der Waals surface area contributed by atoms with Gasteiger partial charge in [-0.2, -0.15) is 0 Å². The zero-order chi connectivity index (χ0) is 9.71. The number of hydrogen-bond donors (Lipinski definition) is 0. The van der Waals surface area contributed by atoms with Gasteiger partial charge in [0, 0.05) is 6.66 Å². The minimum atomic E-state index is -6.00. The van der Waals surface area contributed by atoms with Crippen LogP contribution in [0.1, 0.15) is 20.8 Å². The average Bonchev–Trinajstić information content (AvgIpc) is 1.59. The third-order valence-electron chi connectivity index (χ3n) is 0.866. The highest BCUT2D eigenvalue weighted by molar-refractivity contribution is 7.38. The lowest BCUT2D eigenvalue weighted by molar-refractivity contribution is 0.368. The molecule has 0 bridgehead atoms. The van der Waals surface area contributed by atoms with Crippen LogP contribution < -0.4 is 0 Å². The van der Waals surface area contributed by atoms with E-state index in [1.54, 1.807) is 0 Å². The van der Waals surface area contributed by atoms with Crippen LogP contribution in [0.3, 0.4) is 0 Å². The van der Waals surface area contributed by atoms with Gasteiger partial charge >= 0.3 is 7.25 Å². The van der Waals surface area contributed by atoms with E-state index < -0.39 is 7.25 Å². The van der Waals surface area contributed by atoms with Crippen molar-refractivity contribution in [2.45, 2.75) is 25.9 Å². The molecule has 0 aromatic heterocycles. The Balaban J connectivity index is 0. The molecule has 0 nitrogen and oxygen atoms in total. The molecule has 0 amide bonds. The highest BCUT2D eigenvalue weighted by atomic mass is 31.1. The average molecular weight is 192 g/mol. The maximum absolute atomic E-state index is 9.75. The van der Waals surface area contributed by atoms with E-state index in [-0.39, 0.29) is 0 Å². The Hall–Kier alpha value is 0.215. The van der Waals surface area contributed by atoms with Crippen LogP contribution in [0.5, 0.6) is 0 Å². The lowest BCUT2D eigenvalue weighted by atomic mass is 10.3. The molecule has 0 rings (SSSR count). The second-order valence-corrected chi connectivity index (χ2v) is 5.46. The molecule has 0 aliphatic carbocycles. The highest BCUT2D eigenvalue weighted by Crippen LogP contribution is 2.25. The Bertz CT molecular complexity index is 89.6. The lowest BCUT2D eigenvalue weighted by Gasteiger charge is -2.05. The second kappa shape index (κ2) is 4.97. The molecule has 0 radical (unpaired) electrons. The van der Waals surface area contributed by atoms with Crippen molar-refractivity contribution in [3.8, 4) is 0 Å². The Morgan fingerprint density at radius 3 is 1.09 bits per heavy atom. The first-order chi connectivity index (χ1) is 4.56. The fraction of sp³-hybridized carbons (Fsp3) is 1.00. The standard InChI is InChI=1S/C5H13P.BF4/c1-5(2,3)6-4;2-1(3,4)5/h6H,1-4H3;/q;-1/p+1. The van der Waals surface area contributed by atoms with Crippen LogP contribution in [0.2, 0.25) is 0 Å². The van der Waals surface area contributed by atoms with Gasteiger partial charge in [-0.3, -0.25) is 0 Å². The smallest absolute Gasteiger partial charge is 0.418 e. The number of rotatable bonds is 0. The molecule has 70 valence electrons. The van der Waals surface area contributed by atoms with Crippen molar-refractivity contribution in [1.29, 1.82) is 0 Å². The Labute approximate surface area is 66.6 Å². The van der Waals surface area contributed by atoms with Gasteiger partial charge in [-0.25, -0.2) is 0 Å². The summed E-state index contributed by atoms with van der Waals surface area (Å²) in [5.41, 5.74) is 0. The van der Waals surface area contributed by atoms with E-state index >= 15 is 0 Å². The van der Waals surface area contributed by atoms with Crippen molar-refractivity contribution >= 4 is 15.8 Å². The number of hydrogen-bond acceptors (Lipinski definition) is 0. The molecule has 0 aromatic rings. The molecule has 0 aliphatic heterocycles. The van der Waals surface area contributed by atoms with Crippen molar-refractivity contribution < 1.29 is 17.3 Å². The summed E-state index contributed by atoms with van der Waals surface area (Å²) in [6, 6.07) is 0. The molecule has 0 saturated heterocycles. The topological polar surface area (TPSA) is 0 Å². The Morgan fingerprint density at radius 2 is 1.09 bits per heavy atom. The summed E-state index contributed by atoms with van der Waals surface area (Å²) in [5.74, 6) is 0. The molecular formula is C5H14BF4P. The van der Waals surface area contributed by atoms with Gasteiger partial charge in [0.25, 0.3) is 0 Å². The largest absolute Gasteiger partial charge is 0.673 e. The van der Waals surface area contributed by atoms with Crippen LogP contribution in [0.15, 0.2) is 0 Å². The van der Waals surface area contributed by atoms with Crippen molar-refractivity contribution in [2.24, 2.45) is 0 Å². The molecule has 0 spiro atoms. The van der Waals surface area contributed by atoms with E-state index in [9.17, 15) is 17.3 Å². The number of halogens is 4. The minimum Gasteiger partial charge on any atom is -0.418 e. The molecule has 11 heavy (non-hydrogen) atoms. The van der Waals surface area contributed by atoms with Crippen LogP contribution in [-0.2, 0) is 0 Å². The third-order valence-corrected chi connectivity index (χ3v) is 2.60. The van der Waals surface area contributed by atoms with E-state index in [0.717, 1.165) is 0 Å². The molecular weight excluding hydrogens is 178 g/mol. The monoisotopic (exact) mass is 192 g/mol. The van der Waals surface area contributed by atoms with Gasteiger partial charge in [-0.05, 0) is 29.4 Å². The van der Waals surface area contributed by atoms with Crippen molar-refractivity contribution in [1.82, 2.24) is 0 Å². The van der Waals surface area contributed by atoms with E-state index in [4.69, 9.17) is 0 Å². The molecule has 6 heteroatoms. The van der Waals surface area contributed by atoms with Crippen molar-refractivity contribution in [3.05, 3.63) is 0 Å². The Kier molecular flexibility index (Phi) is 6.22. The minimum absolute atomic E-state index is 0.625. The molecule has 0 aliphatic rings. The van der Waals surface area contributed by atoms with E-state index in [1.165, 1.54) is 0 Å². The summed E-state index contributed by atoms with van der Waals surface area (Å²) in [6.07, 6.45) is 0. The maximum atomic E-state index is 9.75. The maximum Gasteiger partial charge on any atom is 0.673 e. The molecule has 0 aromatic carbocycles. The van der Waals surface area contributed by atoms with Gasteiger partial charge in [-0.15, -0.1) is 0 Å². The van der Waals surface area contributed by atoms with Gasteiger partial charge in [-0.1, -0.05) is 0 Å². The van der Waals surface area contributed by atoms with Crippen LogP contribution >= 0.6 is 8.58 Å². The first kappa shape index (κ1) is 13.8. The summed E-state index contributed by atoms with van der Waals surface area (Å²) >= 11 is 0. The van der Waals surface area contributed by atoms with Crippen LogP contribution in [0.25, 0.3) is 0 Å². The lowest BCUT2D eigenvalue weighted by Crippen LogP contribution is -2.02. The zero-order valence-corrected chi connectivity index (χ0v) is 8.32. The normalized spacial score (nSPS) is 13.1. The quantitative estimate of drug-likeness (QED) is 0.314. The SMILES string of the molecule is C[PH2+]C(C)(C)C.F[B-](F)(F)F. The van der Waals surface area contributed by atoms with Gasteiger partial charge in [0.2, 0.25) is 0 Å². The van der Waals surface area contributed by atoms with E-state index in [2.05, 4.69) is 27.4 Å². The molecule has 0 fully saturated rings. The predicted octanol–water partition coefficient (Wildman–Crippen LogP) is 3.13. The van der Waals surface area contributed by atoms with Gasteiger partial charge < -0.3 is 17.3 Å². The summed E-state index contributed by atoms with van der Waals surface area (Å²) in [6.45, 7) is 9.13. The summed E-state index contributed by atoms with van der Waals surface area (Å²) in [5, 5.41) is 0.625. The third kappa shape index (κ3) is 66.7. The molecule has 1 unspecified atom stereocenters. The van der Waals surface area contributed by atoms with E-state index in [0.29, 0.717) is 13.7 Å². The second-order valence-electron chi connectivity index (χ2n) is 3.15. The van der Waals surface area contributed by atoms with Crippen molar-refractivity contribution in [3.63, 3.8) is 0 Å². The first-order valence-corrected chi connectivity index (χ1v) is 4.97. The van der Waals surface area contributed by atoms with Gasteiger partial charge in [0.05, 0.1) is 5.16 Å². The molecule has 1 atom stereocenters. The van der Waals surface area contributed by atoms with Crippen LogP contribution in [-0.4, -0.2) is 19.1 Å². The fourth-order valence-corrected chi connectivity index (χ4v) is 0.